The van der Waals surface area contributed by atoms with Crippen molar-refractivity contribution >= 4 is 21.6 Å². The maximum absolute atomic E-state index is 5.90. The standard InChI is InChI=1S/C13H19BrN2/c1-13(9-15,8-10-6-7-10)16-12-5-3-2-4-11(12)14/h2-5,10,16H,6-9,15H2,1H3. The lowest BCUT2D eigenvalue weighted by atomic mass is 9.94. The highest BCUT2D eigenvalue weighted by Crippen LogP contribution is 2.38. The summed E-state index contributed by atoms with van der Waals surface area (Å²) in [4.78, 5) is 0. The molecule has 1 aromatic rings. The molecule has 0 amide bonds. The van der Waals surface area contributed by atoms with Gasteiger partial charge in [-0.3, -0.25) is 0 Å². The van der Waals surface area contributed by atoms with E-state index in [1.807, 2.05) is 12.1 Å². The van der Waals surface area contributed by atoms with E-state index in [0.29, 0.717) is 6.54 Å². The maximum Gasteiger partial charge on any atom is 0.0489 e. The van der Waals surface area contributed by atoms with E-state index in [1.54, 1.807) is 0 Å². The molecule has 0 radical (unpaired) electrons. The SMILES string of the molecule is CC(CN)(CC1CC1)Nc1ccccc1Br. The molecular formula is C13H19BrN2. The molecule has 2 rings (SSSR count). The van der Waals surface area contributed by atoms with Gasteiger partial charge in [-0.1, -0.05) is 25.0 Å². The average Bonchev–Trinajstić information content (AvgIpc) is 3.05. The van der Waals surface area contributed by atoms with Crippen molar-refractivity contribution in [1.82, 2.24) is 0 Å². The van der Waals surface area contributed by atoms with Gasteiger partial charge in [-0.05, 0) is 47.3 Å². The van der Waals surface area contributed by atoms with Gasteiger partial charge in [-0.25, -0.2) is 0 Å². The van der Waals surface area contributed by atoms with Crippen LogP contribution in [0.1, 0.15) is 26.2 Å². The van der Waals surface area contributed by atoms with Crippen molar-refractivity contribution in [2.75, 3.05) is 11.9 Å². The van der Waals surface area contributed by atoms with Gasteiger partial charge in [-0.15, -0.1) is 0 Å². The van der Waals surface area contributed by atoms with E-state index in [1.165, 1.54) is 19.3 Å². The van der Waals surface area contributed by atoms with Gasteiger partial charge in [0.15, 0.2) is 0 Å². The molecule has 1 saturated carbocycles. The number of para-hydroxylation sites is 1. The minimum atomic E-state index is 0.0189. The molecule has 1 unspecified atom stereocenters. The van der Waals surface area contributed by atoms with Gasteiger partial charge in [0.2, 0.25) is 0 Å². The van der Waals surface area contributed by atoms with Crippen molar-refractivity contribution in [3.63, 3.8) is 0 Å². The van der Waals surface area contributed by atoms with Crippen LogP contribution in [-0.2, 0) is 0 Å². The van der Waals surface area contributed by atoms with E-state index >= 15 is 0 Å². The lowest BCUT2D eigenvalue weighted by Gasteiger charge is -2.31. The highest BCUT2D eigenvalue weighted by atomic mass is 79.9. The molecule has 0 aromatic heterocycles. The third kappa shape index (κ3) is 2.98. The minimum Gasteiger partial charge on any atom is -0.378 e. The van der Waals surface area contributed by atoms with Gasteiger partial charge in [-0.2, -0.15) is 0 Å². The Bertz CT molecular complexity index is 363. The van der Waals surface area contributed by atoms with Gasteiger partial charge in [0.25, 0.3) is 0 Å². The summed E-state index contributed by atoms with van der Waals surface area (Å²) in [6, 6.07) is 8.21. The molecule has 1 atom stereocenters. The second kappa shape index (κ2) is 4.76. The molecule has 2 nitrogen and oxygen atoms in total. The smallest absolute Gasteiger partial charge is 0.0489 e. The first-order chi connectivity index (χ1) is 7.63. The van der Waals surface area contributed by atoms with Gasteiger partial charge >= 0.3 is 0 Å². The second-order valence-electron chi connectivity index (χ2n) is 5.02. The van der Waals surface area contributed by atoms with E-state index in [9.17, 15) is 0 Å². The first-order valence-electron chi connectivity index (χ1n) is 5.86. The molecule has 0 saturated heterocycles. The van der Waals surface area contributed by atoms with E-state index in [-0.39, 0.29) is 5.54 Å². The number of anilines is 1. The zero-order valence-electron chi connectivity index (χ0n) is 9.67. The molecule has 0 spiro atoms. The average molecular weight is 283 g/mol. The number of hydrogen-bond acceptors (Lipinski definition) is 2. The molecule has 3 N–H and O–H groups in total. The molecule has 1 aliphatic rings. The predicted octanol–water partition coefficient (Wildman–Crippen LogP) is 3.38. The number of nitrogens with one attached hydrogen (secondary N) is 1. The quantitative estimate of drug-likeness (QED) is 0.869. The molecule has 88 valence electrons. The molecule has 0 bridgehead atoms. The van der Waals surface area contributed by atoms with E-state index in [2.05, 4.69) is 40.3 Å². The van der Waals surface area contributed by atoms with Gasteiger partial charge in [0.1, 0.15) is 0 Å². The van der Waals surface area contributed by atoms with Crippen molar-refractivity contribution in [1.29, 1.82) is 0 Å². The molecule has 16 heavy (non-hydrogen) atoms. The Labute approximate surface area is 106 Å². The summed E-state index contributed by atoms with van der Waals surface area (Å²) in [6.07, 6.45) is 3.91. The summed E-state index contributed by atoms with van der Waals surface area (Å²) in [7, 11) is 0. The van der Waals surface area contributed by atoms with Gasteiger partial charge in [0.05, 0.1) is 0 Å². The minimum absolute atomic E-state index is 0.0189. The Balaban J connectivity index is 2.07. The summed E-state index contributed by atoms with van der Waals surface area (Å²) < 4.78 is 1.10. The van der Waals surface area contributed by atoms with Gasteiger partial charge in [0, 0.05) is 22.2 Å². The van der Waals surface area contributed by atoms with Crippen molar-refractivity contribution < 1.29 is 0 Å². The van der Waals surface area contributed by atoms with Crippen LogP contribution in [0.2, 0.25) is 0 Å². The van der Waals surface area contributed by atoms with Crippen LogP contribution in [0.15, 0.2) is 28.7 Å². The number of hydrogen-bond donors (Lipinski definition) is 2. The highest BCUT2D eigenvalue weighted by Gasteiger charge is 2.32. The topological polar surface area (TPSA) is 38.0 Å². The lowest BCUT2D eigenvalue weighted by molar-refractivity contribution is 0.453. The van der Waals surface area contributed by atoms with Crippen LogP contribution >= 0.6 is 15.9 Å². The van der Waals surface area contributed by atoms with Crippen molar-refractivity contribution in [3.8, 4) is 0 Å². The zero-order chi connectivity index (χ0) is 11.6. The first-order valence-corrected chi connectivity index (χ1v) is 6.65. The Kier molecular flexibility index (Phi) is 3.55. The first kappa shape index (κ1) is 11.9. The Hall–Kier alpha value is -0.540. The highest BCUT2D eigenvalue weighted by molar-refractivity contribution is 9.10. The maximum atomic E-state index is 5.90. The fourth-order valence-corrected chi connectivity index (χ4v) is 2.42. The summed E-state index contributed by atoms with van der Waals surface area (Å²) >= 11 is 3.56. The monoisotopic (exact) mass is 282 g/mol. The molecule has 0 aliphatic heterocycles. The number of rotatable bonds is 5. The molecule has 3 heteroatoms. The molecule has 1 fully saturated rings. The Morgan fingerprint density at radius 2 is 2.12 bits per heavy atom. The third-order valence-electron chi connectivity index (χ3n) is 3.20. The van der Waals surface area contributed by atoms with Gasteiger partial charge < -0.3 is 11.1 Å². The van der Waals surface area contributed by atoms with E-state index in [0.717, 1.165) is 16.1 Å². The van der Waals surface area contributed by atoms with Crippen LogP contribution in [0.5, 0.6) is 0 Å². The molecule has 0 heterocycles. The van der Waals surface area contributed by atoms with Crippen LogP contribution in [0, 0.1) is 5.92 Å². The van der Waals surface area contributed by atoms with E-state index in [4.69, 9.17) is 5.73 Å². The number of benzene rings is 1. The molecule has 1 aliphatic carbocycles. The second-order valence-corrected chi connectivity index (χ2v) is 5.87. The van der Waals surface area contributed by atoms with Crippen molar-refractivity contribution in [3.05, 3.63) is 28.7 Å². The number of halogens is 1. The Morgan fingerprint density at radius 3 is 2.69 bits per heavy atom. The van der Waals surface area contributed by atoms with E-state index < -0.39 is 0 Å². The fourth-order valence-electron chi connectivity index (χ4n) is 2.03. The lowest BCUT2D eigenvalue weighted by Crippen LogP contribution is -2.43. The largest absolute Gasteiger partial charge is 0.378 e. The zero-order valence-corrected chi connectivity index (χ0v) is 11.3. The van der Waals surface area contributed by atoms with Crippen LogP contribution < -0.4 is 11.1 Å². The van der Waals surface area contributed by atoms with Crippen molar-refractivity contribution in [2.24, 2.45) is 11.7 Å². The number of nitrogens with two attached hydrogens (primary N) is 1. The third-order valence-corrected chi connectivity index (χ3v) is 3.89. The summed E-state index contributed by atoms with van der Waals surface area (Å²) in [5, 5.41) is 3.57. The van der Waals surface area contributed by atoms with Crippen LogP contribution in [0.4, 0.5) is 5.69 Å². The summed E-state index contributed by atoms with van der Waals surface area (Å²) in [6.45, 7) is 2.88. The van der Waals surface area contributed by atoms with Crippen LogP contribution in [-0.4, -0.2) is 12.1 Å². The summed E-state index contributed by atoms with van der Waals surface area (Å²) in [5.41, 5.74) is 7.06. The summed E-state index contributed by atoms with van der Waals surface area (Å²) in [5.74, 6) is 0.878. The molecular weight excluding hydrogens is 264 g/mol. The van der Waals surface area contributed by atoms with Crippen LogP contribution in [0.25, 0.3) is 0 Å². The van der Waals surface area contributed by atoms with Crippen molar-refractivity contribution in [2.45, 2.75) is 31.7 Å². The van der Waals surface area contributed by atoms with Crippen LogP contribution in [0.3, 0.4) is 0 Å². The Morgan fingerprint density at radius 1 is 1.44 bits per heavy atom. The molecule has 1 aromatic carbocycles. The normalized spacial score (nSPS) is 19.2. The predicted molar refractivity (Wildman–Crippen MR) is 72.6 cm³/mol. The fraction of sp³-hybridized carbons (Fsp3) is 0.538.